The molecule has 0 atom stereocenters. The molecule has 0 aromatic heterocycles. The number of phenolic OH excluding ortho intramolecular Hbond substituents is 1. The van der Waals surface area contributed by atoms with E-state index in [-0.39, 0.29) is 16.9 Å². The number of ether oxygens (including phenoxy) is 1. The second-order valence-corrected chi connectivity index (χ2v) is 8.92. The van der Waals surface area contributed by atoms with Crippen LogP contribution in [0.15, 0.2) is 48.5 Å². The first kappa shape index (κ1) is 22.2. The van der Waals surface area contributed by atoms with Crippen LogP contribution in [0, 0.1) is 0 Å². The molecule has 0 radical (unpaired) electrons. The van der Waals surface area contributed by atoms with Gasteiger partial charge in [-0.1, -0.05) is 38.1 Å². The van der Waals surface area contributed by atoms with Crippen LogP contribution in [0.1, 0.15) is 25.0 Å². The average molecular weight is 441 g/mol. The lowest BCUT2D eigenvalue weighted by molar-refractivity contribution is -0.194. The van der Waals surface area contributed by atoms with Gasteiger partial charge in [0.1, 0.15) is 11.5 Å². The summed E-state index contributed by atoms with van der Waals surface area (Å²) in [5.41, 5.74) is 1.66. The fraction of sp³-hybridized carbons (Fsp3) is 0.391. The van der Waals surface area contributed by atoms with Crippen LogP contribution in [0.2, 0.25) is 0 Å². The number of nitrogens with zero attached hydrogens (tertiary/aromatic N) is 4. The fourth-order valence-corrected chi connectivity index (χ4v) is 4.37. The highest BCUT2D eigenvalue weighted by Crippen LogP contribution is 2.33. The second kappa shape index (κ2) is 8.87. The Labute approximate surface area is 187 Å². The Morgan fingerprint density at radius 3 is 1.50 bits per heavy atom. The van der Waals surface area contributed by atoms with Gasteiger partial charge in [-0.2, -0.15) is 0 Å². The second-order valence-electron chi connectivity index (χ2n) is 8.92. The minimum Gasteiger partial charge on any atom is -0.508 e. The summed E-state index contributed by atoms with van der Waals surface area (Å²) in [6, 6.07) is 13.6. The maximum absolute atomic E-state index is 11.0. The van der Waals surface area contributed by atoms with Gasteiger partial charge in [-0.25, -0.2) is 9.59 Å². The summed E-state index contributed by atoms with van der Waals surface area (Å²) in [6.45, 7) is 11.2. The zero-order valence-corrected chi connectivity index (χ0v) is 18.3. The Bertz CT molecular complexity index is 918. The van der Waals surface area contributed by atoms with Crippen molar-refractivity contribution >= 4 is 11.9 Å². The Balaban J connectivity index is 0.000000199. The van der Waals surface area contributed by atoms with Crippen LogP contribution in [0.25, 0.3) is 0 Å². The van der Waals surface area contributed by atoms with Crippen LogP contribution < -0.4 is 4.74 Å². The van der Waals surface area contributed by atoms with Gasteiger partial charge in [0.2, 0.25) is 0 Å². The Kier molecular flexibility index (Phi) is 6.16. The number of carboxylic acids is 1. The lowest BCUT2D eigenvalue weighted by atomic mass is 9.78. The maximum atomic E-state index is 11.0. The van der Waals surface area contributed by atoms with E-state index >= 15 is 0 Å². The van der Waals surface area contributed by atoms with E-state index in [4.69, 9.17) is 9.84 Å². The first-order valence-electron chi connectivity index (χ1n) is 10.5. The number of aromatic hydroxyl groups is 1. The molecule has 2 N–H and O–H groups in total. The molecule has 4 aliphatic rings. The summed E-state index contributed by atoms with van der Waals surface area (Å²) in [5.74, 6) is -2.56. The molecule has 4 aliphatic heterocycles. The van der Waals surface area contributed by atoms with E-state index < -0.39 is 11.9 Å². The van der Waals surface area contributed by atoms with Crippen molar-refractivity contribution in [1.29, 1.82) is 0 Å². The first-order chi connectivity index (χ1) is 15.2. The van der Waals surface area contributed by atoms with E-state index in [2.05, 4.69) is 19.6 Å². The first-order valence-corrected chi connectivity index (χ1v) is 10.5. The molecule has 170 valence electrons. The molecular weight excluding hydrogens is 412 g/mol. The number of carbonyl (C=O) groups excluding carboxylic acids is 1. The van der Waals surface area contributed by atoms with Crippen molar-refractivity contribution in [2.24, 2.45) is 0 Å². The molecule has 9 heteroatoms. The molecule has 0 unspecified atom stereocenters. The van der Waals surface area contributed by atoms with E-state index in [0.717, 1.165) is 11.1 Å². The normalized spacial score (nSPS) is 25.6. The third kappa shape index (κ3) is 4.91. The van der Waals surface area contributed by atoms with Gasteiger partial charge in [-0.05, 0) is 35.4 Å². The summed E-state index contributed by atoms with van der Waals surface area (Å²) in [4.78, 5) is 31.3. The van der Waals surface area contributed by atoms with Gasteiger partial charge >= 0.3 is 11.9 Å². The number of hydrogen-bond acceptors (Lipinski definition) is 8. The third-order valence-electron chi connectivity index (χ3n) is 5.95. The molecule has 4 bridgehead atoms. The van der Waals surface area contributed by atoms with Crippen LogP contribution in [-0.2, 0) is 15.0 Å². The van der Waals surface area contributed by atoms with Gasteiger partial charge in [0.25, 0.3) is 0 Å². The molecule has 4 fully saturated rings. The van der Waals surface area contributed by atoms with Gasteiger partial charge in [-0.15, -0.1) is 0 Å². The summed E-state index contributed by atoms with van der Waals surface area (Å²) in [5, 5.41) is 17.9. The lowest BCUT2D eigenvalue weighted by Gasteiger charge is -2.56. The molecule has 9 nitrogen and oxygen atoms in total. The number of carbonyl (C=O) groups is 2. The molecule has 0 aliphatic carbocycles. The summed E-state index contributed by atoms with van der Waals surface area (Å²) < 4.78 is 4.69. The summed E-state index contributed by atoms with van der Waals surface area (Å²) in [7, 11) is 0. The van der Waals surface area contributed by atoms with Crippen LogP contribution in [-0.4, -0.2) is 81.8 Å². The van der Waals surface area contributed by atoms with E-state index in [9.17, 15) is 14.7 Å². The van der Waals surface area contributed by atoms with Crippen molar-refractivity contribution in [2.45, 2.75) is 19.3 Å². The standard InChI is InChI=1S/C17H16O5.C6H12N4/c1-17(2,11-3-7-13(18)8-4-11)12-5-9-14(10-6-12)22-16(21)15(19)20;1-7-2-9-4-8(1)5-10(3-7)6-9/h3-10,18H,1-2H3,(H,19,20);1-6H2. The molecule has 0 amide bonds. The van der Waals surface area contributed by atoms with Crippen molar-refractivity contribution < 1.29 is 24.5 Å². The molecule has 2 aromatic rings. The highest BCUT2D eigenvalue weighted by atomic mass is 16.6. The SMILES string of the molecule is C1N2CN3CN1CN(C2)C3.CC(C)(c1ccc(O)cc1)c1ccc(OC(=O)C(=O)O)cc1. The zero-order chi connectivity index (χ0) is 22.9. The Hall–Kier alpha value is -2.98. The van der Waals surface area contributed by atoms with Gasteiger partial charge in [0.05, 0.1) is 40.0 Å². The van der Waals surface area contributed by atoms with Crippen molar-refractivity contribution in [3.63, 3.8) is 0 Å². The Morgan fingerprint density at radius 2 is 1.12 bits per heavy atom. The Morgan fingerprint density at radius 1 is 0.750 bits per heavy atom. The van der Waals surface area contributed by atoms with Crippen LogP contribution in [0.5, 0.6) is 11.5 Å². The van der Waals surface area contributed by atoms with Crippen molar-refractivity contribution in [3.8, 4) is 11.5 Å². The van der Waals surface area contributed by atoms with Crippen molar-refractivity contribution in [3.05, 3.63) is 59.7 Å². The van der Waals surface area contributed by atoms with Crippen LogP contribution in [0.4, 0.5) is 0 Å². The minimum absolute atomic E-state index is 0.178. The minimum atomic E-state index is -1.63. The predicted molar refractivity (Wildman–Crippen MR) is 117 cm³/mol. The summed E-state index contributed by atoms with van der Waals surface area (Å²) >= 11 is 0. The molecule has 4 heterocycles. The van der Waals surface area contributed by atoms with E-state index in [1.807, 2.05) is 26.0 Å². The van der Waals surface area contributed by atoms with Crippen molar-refractivity contribution in [1.82, 2.24) is 19.6 Å². The largest absolute Gasteiger partial charge is 0.508 e. The highest BCUT2D eigenvalue weighted by molar-refractivity contribution is 6.29. The predicted octanol–water partition coefficient (Wildman–Crippen LogP) is 1.69. The average Bonchev–Trinajstić information content (AvgIpc) is 2.74. The maximum Gasteiger partial charge on any atom is 0.422 e. The quantitative estimate of drug-likeness (QED) is 0.420. The number of carboxylic acid groups (broad SMARTS) is 1. The molecule has 2 aromatic carbocycles. The molecule has 0 spiro atoms. The fourth-order valence-electron chi connectivity index (χ4n) is 4.37. The molecule has 0 saturated carbocycles. The number of benzene rings is 2. The zero-order valence-electron chi connectivity index (χ0n) is 18.3. The number of hydrogen-bond donors (Lipinski definition) is 2. The topological polar surface area (TPSA) is 96.8 Å². The van der Waals surface area contributed by atoms with Gasteiger partial charge in [0, 0.05) is 5.41 Å². The lowest BCUT2D eigenvalue weighted by Crippen LogP contribution is -2.71. The number of rotatable bonds is 3. The number of esters is 1. The molecule has 32 heavy (non-hydrogen) atoms. The number of aliphatic carboxylic acids is 1. The smallest absolute Gasteiger partial charge is 0.422 e. The summed E-state index contributed by atoms with van der Waals surface area (Å²) in [6.07, 6.45) is 0. The van der Waals surface area contributed by atoms with E-state index in [1.165, 1.54) is 40.0 Å². The number of phenols is 1. The monoisotopic (exact) mass is 440 g/mol. The van der Waals surface area contributed by atoms with Crippen LogP contribution in [0.3, 0.4) is 0 Å². The van der Waals surface area contributed by atoms with E-state index in [0.29, 0.717) is 0 Å². The highest BCUT2D eigenvalue weighted by Gasteiger charge is 2.36. The molecule has 4 saturated heterocycles. The van der Waals surface area contributed by atoms with Crippen molar-refractivity contribution in [2.75, 3.05) is 40.0 Å². The third-order valence-corrected chi connectivity index (χ3v) is 5.95. The molecular formula is C23H28N4O5. The van der Waals surface area contributed by atoms with Crippen LogP contribution >= 0.6 is 0 Å². The van der Waals surface area contributed by atoms with Gasteiger partial charge in [-0.3, -0.25) is 19.6 Å². The molecule has 6 rings (SSSR count). The van der Waals surface area contributed by atoms with Gasteiger partial charge in [0.15, 0.2) is 0 Å². The van der Waals surface area contributed by atoms with E-state index in [1.54, 1.807) is 36.4 Å². The van der Waals surface area contributed by atoms with Gasteiger partial charge < -0.3 is 14.9 Å².